The van der Waals surface area contributed by atoms with E-state index < -0.39 is 5.91 Å². The van der Waals surface area contributed by atoms with Crippen molar-refractivity contribution in [3.63, 3.8) is 0 Å². The van der Waals surface area contributed by atoms with E-state index in [2.05, 4.69) is 16.0 Å². The maximum atomic E-state index is 12.2. The van der Waals surface area contributed by atoms with Crippen molar-refractivity contribution in [2.75, 3.05) is 30.3 Å². The first-order valence-electron chi connectivity index (χ1n) is 9.45. The number of amides is 3. The average molecular weight is 396 g/mol. The molecule has 0 radical (unpaired) electrons. The van der Waals surface area contributed by atoms with Crippen LogP contribution in [0.4, 0.5) is 11.4 Å². The summed E-state index contributed by atoms with van der Waals surface area (Å²) >= 11 is 0. The molecule has 0 bridgehead atoms. The largest absolute Gasteiger partial charge is 0.376 e. The van der Waals surface area contributed by atoms with Gasteiger partial charge in [-0.05, 0) is 55.3 Å². The Balaban J connectivity index is 1.46. The number of primary amides is 1. The normalized spacial score (nSPS) is 15.5. The molecule has 1 unspecified atom stereocenters. The van der Waals surface area contributed by atoms with Gasteiger partial charge in [0, 0.05) is 35.7 Å². The lowest BCUT2D eigenvalue weighted by molar-refractivity contribution is -0.114. The summed E-state index contributed by atoms with van der Waals surface area (Å²) in [6.07, 6.45) is 2.08. The lowest BCUT2D eigenvalue weighted by Gasteiger charge is -2.11. The molecule has 2 aromatic rings. The van der Waals surface area contributed by atoms with Gasteiger partial charge in [0.15, 0.2) is 0 Å². The summed E-state index contributed by atoms with van der Waals surface area (Å²) in [6, 6.07) is 13.3. The topological polar surface area (TPSA) is 123 Å². The molecular weight excluding hydrogens is 372 g/mol. The molecule has 0 spiro atoms. The van der Waals surface area contributed by atoms with Crippen LogP contribution in [0.15, 0.2) is 48.5 Å². The predicted octanol–water partition coefficient (Wildman–Crippen LogP) is 1.74. The van der Waals surface area contributed by atoms with Crippen LogP contribution in [0.25, 0.3) is 0 Å². The van der Waals surface area contributed by atoms with Gasteiger partial charge in [-0.3, -0.25) is 14.4 Å². The van der Waals surface area contributed by atoms with Crippen molar-refractivity contribution >= 4 is 29.1 Å². The van der Waals surface area contributed by atoms with Crippen LogP contribution in [0.3, 0.4) is 0 Å². The number of ether oxygens (including phenoxy) is 1. The van der Waals surface area contributed by atoms with Crippen molar-refractivity contribution in [2.45, 2.75) is 18.9 Å². The zero-order valence-corrected chi connectivity index (χ0v) is 15.9. The van der Waals surface area contributed by atoms with E-state index in [4.69, 9.17) is 10.5 Å². The number of nitrogens with one attached hydrogen (secondary N) is 3. The molecule has 29 heavy (non-hydrogen) atoms. The van der Waals surface area contributed by atoms with Crippen molar-refractivity contribution < 1.29 is 19.1 Å². The van der Waals surface area contributed by atoms with Gasteiger partial charge in [0.05, 0.1) is 12.6 Å². The van der Waals surface area contributed by atoms with Gasteiger partial charge in [-0.1, -0.05) is 6.07 Å². The highest BCUT2D eigenvalue weighted by atomic mass is 16.5. The molecule has 1 aliphatic heterocycles. The van der Waals surface area contributed by atoms with Crippen molar-refractivity contribution in [2.24, 2.45) is 5.73 Å². The Hall–Kier alpha value is -3.39. The molecule has 2 aromatic carbocycles. The van der Waals surface area contributed by atoms with Gasteiger partial charge in [0.1, 0.15) is 0 Å². The number of hydrogen-bond donors (Lipinski definition) is 4. The molecule has 1 saturated heterocycles. The fraction of sp³-hybridized carbons (Fsp3) is 0.286. The van der Waals surface area contributed by atoms with E-state index in [0.717, 1.165) is 19.4 Å². The number of rotatable bonds is 8. The molecule has 8 nitrogen and oxygen atoms in total. The number of carbonyl (C=O) groups excluding carboxylic acids is 3. The quantitative estimate of drug-likeness (QED) is 0.541. The first kappa shape index (κ1) is 20.3. The second-order valence-electron chi connectivity index (χ2n) is 6.77. The molecular formula is C21H24N4O4. The Morgan fingerprint density at radius 1 is 1.03 bits per heavy atom. The molecule has 1 atom stereocenters. The molecule has 1 fully saturated rings. The van der Waals surface area contributed by atoms with E-state index in [-0.39, 0.29) is 24.5 Å². The van der Waals surface area contributed by atoms with Crippen LogP contribution in [0.2, 0.25) is 0 Å². The lowest BCUT2D eigenvalue weighted by atomic mass is 10.2. The van der Waals surface area contributed by atoms with Crippen molar-refractivity contribution in [1.82, 2.24) is 5.32 Å². The molecule has 1 aliphatic rings. The van der Waals surface area contributed by atoms with Crippen LogP contribution in [0, 0.1) is 0 Å². The summed E-state index contributed by atoms with van der Waals surface area (Å²) in [5.41, 5.74) is 7.33. The highest BCUT2D eigenvalue weighted by Gasteiger charge is 2.16. The lowest BCUT2D eigenvalue weighted by Crippen LogP contribution is -2.31. The zero-order valence-electron chi connectivity index (χ0n) is 15.9. The van der Waals surface area contributed by atoms with Crippen molar-refractivity contribution in [1.29, 1.82) is 0 Å². The van der Waals surface area contributed by atoms with Crippen LogP contribution < -0.4 is 21.7 Å². The van der Waals surface area contributed by atoms with Gasteiger partial charge in [0.2, 0.25) is 11.8 Å². The SMILES string of the molecule is NC(=O)c1cccc(NCC(=O)Nc2ccc(C(=O)NCC3CCCO3)cc2)c1. The maximum absolute atomic E-state index is 12.2. The Bertz CT molecular complexity index is 877. The Morgan fingerprint density at radius 3 is 2.52 bits per heavy atom. The van der Waals surface area contributed by atoms with Gasteiger partial charge >= 0.3 is 0 Å². The fourth-order valence-corrected chi connectivity index (χ4v) is 2.99. The summed E-state index contributed by atoms with van der Waals surface area (Å²) in [7, 11) is 0. The van der Waals surface area contributed by atoms with Gasteiger partial charge in [-0.15, -0.1) is 0 Å². The highest BCUT2D eigenvalue weighted by Crippen LogP contribution is 2.13. The van der Waals surface area contributed by atoms with Crippen LogP contribution in [0.1, 0.15) is 33.6 Å². The second-order valence-corrected chi connectivity index (χ2v) is 6.77. The number of anilines is 2. The van der Waals surface area contributed by atoms with Gasteiger partial charge in [0.25, 0.3) is 5.91 Å². The summed E-state index contributed by atoms with van der Waals surface area (Å²) in [6.45, 7) is 1.27. The standard InChI is InChI=1S/C21H24N4O4/c22-20(27)15-3-1-4-17(11-15)23-13-19(26)25-16-8-6-14(7-9-16)21(28)24-12-18-5-2-10-29-18/h1,3-4,6-9,11,18,23H,2,5,10,12-13H2,(H2,22,27)(H,24,28)(H,25,26). The molecule has 152 valence electrons. The molecule has 0 aliphatic carbocycles. The zero-order chi connectivity index (χ0) is 20.6. The van der Waals surface area contributed by atoms with Crippen LogP contribution >= 0.6 is 0 Å². The van der Waals surface area contributed by atoms with Gasteiger partial charge in [-0.25, -0.2) is 0 Å². The Morgan fingerprint density at radius 2 is 1.83 bits per heavy atom. The third-order valence-electron chi connectivity index (χ3n) is 4.55. The molecule has 0 aromatic heterocycles. The van der Waals surface area contributed by atoms with E-state index in [0.29, 0.717) is 29.0 Å². The molecule has 8 heteroatoms. The maximum Gasteiger partial charge on any atom is 0.251 e. The minimum absolute atomic E-state index is 0.0197. The third kappa shape index (κ3) is 6.05. The van der Waals surface area contributed by atoms with Crippen LogP contribution in [-0.2, 0) is 9.53 Å². The smallest absolute Gasteiger partial charge is 0.251 e. The first-order chi connectivity index (χ1) is 14.0. The van der Waals surface area contributed by atoms with E-state index in [1.165, 1.54) is 0 Å². The number of benzene rings is 2. The van der Waals surface area contributed by atoms with Crippen LogP contribution in [-0.4, -0.2) is 43.5 Å². The molecule has 0 saturated carbocycles. The average Bonchev–Trinajstić information content (AvgIpc) is 3.25. The minimum atomic E-state index is -0.530. The minimum Gasteiger partial charge on any atom is -0.376 e. The predicted molar refractivity (Wildman–Crippen MR) is 110 cm³/mol. The Kier molecular flexibility index (Phi) is 6.80. The summed E-state index contributed by atoms with van der Waals surface area (Å²) in [5, 5.41) is 8.54. The summed E-state index contributed by atoms with van der Waals surface area (Å²) in [4.78, 5) is 35.5. The van der Waals surface area contributed by atoms with Crippen LogP contribution in [0.5, 0.6) is 0 Å². The fourth-order valence-electron chi connectivity index (χ4n) is 2.99. The van der Waals surface area contributed by atoms with Crippen molar-refractivity contribution in [3.05, 3.63) is 59.7 Å². The monoisotopic (exact) mass is 396 g/mol. The number of carbonyl (C=O) groups is 3. The number of hydrogen-bond acceptors (Lipinski definition) is 5. The third-order valence-corrected chi connectivity index (χ3v) is 4.55. The molecule has 1 heterocycles. The van der Waals surface area contributed by atoms with Gasteiger partial charge in [-0.2, -0.15) is 0 Å². The van der Waals surface area contributed by atoms with Gasteiger partial charge < -0.3 is 26.4 Å². The first-order valence-corrected chi connectivity index (χ1v) is 9.45. The molecule has 5 N–H and O–H groups in total. The van der Waals surface area contributed by atoms with E-state index in [1.54, 1.807) is 48.5 Å². The number of nitrogens with two attached hydrogens (primary N) is 1. The Labute approximate surface area is 168 Å². The van der Waals surface area contributed by atoms with E-state index in [1.807, 2.05) is 0 Å². The molecule has 3 rings (SSSR count). The van der Waals surface area contributed by atoms with E-state index >= 15 is 0 Å². The second kappa shape index (κ2) is 9.70. The molecule has 3 amide bonds. The van der Waals surface area contributed by atoms with Crippen molar-refractivity contribution in [3.8, 4) is 0 Å². The highest BCUT2D eigenvalue weighted by molar-refractivity contribution is 5.97. The van der Waals surface area contributed by atoms with E-state index in [9.17, 15) is 14.4 Å². The summed E-state index contributed by atoms with van der Waals surface area (Å²) < 4.78 is 5.48. The summed E-state index contributed by atoms with van der Waals surface area (Å²) in [5.74, 6) is -0.961.